The van der Waals surface area contributed by atoms with Gasteiger partial charge in [0.05, 0.1) is 5.69 Å². The van der Waals surface area contributed by atoms with Crippen molar-refractivity contribution in [1.29, 1.82) is 0 Å². The van der Waals surface area contributed by atoms with E-state index < -0.39 is 0 Å². The quantitative estimate of drug-likeness (QED) is 0.833. The number of carbonyl (C=O) groups excluding carboxylic acids is 1. The Balaban J connectivity index is 1.74. The molecule has 1 aromatic carbocycles. The molecule has 0 aliphatic heterocycles. The number of nitrogens with zero attached hydrogens (tertiary/aromatic N) is 2. The van der Waals surface area contributed by atoms with E-state index in [2.05, 4.69) is 27.6 Å². The van der Waals surface area contributed by atoms with E-state index in [1.807, 2.05) is 25.1 Å². The van der Waals surface area contributed by atoms with Gasteiger partial charge in [0.15, 0.2) is 5.69 Å². The number of amides is 1. The Morgan fingerprint density at radius 1 is 1.11 bits per heavy atom. The number of carbonyl (C=O) groups is 1. The van der Waals surface area contributed by atoms with E-state index in [-0.39, 0.29) is 5.91 Å². The number of rotatable bonds is 5. The van der Waals surface area contributed by atoms with Crippen molar-refractivity contribution in [1.82, 2.24) is 15.5 Å². The van der Waals surface area contributed by atoms with Gasteiger partial charge in [-0.15, -0.1) is 5.10 Å². The Labute approximate surface area is 112 Å². The molecule has 0 radical (unpaired) electrons. The van der Waals surface area contributed by atoms with Gasteiger partial charge in [-0.1, -0.05) is 30.3 Å². The molecule has 0 bridgehead atoms. The SMILES string of the molecule is Cc1ccc(C(=O)NCCCc2ccccc2)nn1. The Morgan fingerprint density at radius 3 is 2.58 bits per heavy atom. The molecule has 1 N–H and O–H groups in total. The minimum absolute atomic E-state index is 0.166. The molecule has 0 saturated carbocycles. The first kappa shape index (κ1) is 13.2. The van der Waals surface area contributed by atoms with Crippen molar-refractivity contribution in [2.45, 2.75) is 19.8 Å². The zero-order valence-electron chi connectivity index (χ0n) is 11.0. The summed E-state index contributed by atoms with van der Waals surface area (Å²) in [5.41, 5.74) is 2.46. The summed E-state index contributed by atoms with van der Waals surface area (Å²) in [5, 5.41) is 10.6. The number of hydrogen-bond donors (Lipinski definition) is 1. The Morgan fingerprint density at radius 2 is 1.89 bits per heavy atom. The first-order valence-corrected chi connectivity index (χ1v) is 6.38. The largest absolute Gasteiger partial charge is 0.351 e. The minimum Gasteiger partial charge on any atom is -0.351 e. The second-order valence-corrected chi connectivity index (χ2v) is 4.41. The number of nitrogens with one attached hydrogen (secondary N) is 1. The van der Waals surface area contributed by atoms with Gasteiger partial charge in [0.2, 0.25) is 0 Å². The van der Waals surface area contributed by atoms with Crippen molar-refractivity contribution in [3.63, 3.8) is 0 Å². The zero-order chi connectivity index (χ0) is 13.5. The lowest BCUT2D eigenvalue weighted by Crippen LogP contribution is -2.26. The van der Waals surface area contributed by atoms with Crippen LogP contribution in [0.4, 0.5) is 0 Å². The fourth-order valence-corrected chi connectivity index (χ4v) is 1.75. The van der Waals surface area contributed by atoms with E-state index in [0.717, 1.165) is 18.5 Å². The molecular formula is C15H17N3O. The zero-order valence-corrected chi connectivity index (χ0v) is 11.0. The predicted octanol–water partition coefficient (Wildman–Crippen LogP) is 2.15. The van der Waals surface area contributed by atoms with Crippen molar-refractivity contribution in [3.05, 3.63) is 59.4 Å². The van der Waals surface area contributed by atoms with Gasteiger partial charge in [-0.05, 0) is 37.5 Å². The van der Waals surface area contributed by atoms with Gasteiger partial charge in [-0.2, -0.15) is 5.10 Å². The van der Waals surface area contributed by atoms with Gasteiger partial charge in [-0.25, -0.2) is 0 Å². The molecule has 4 heteroatoms. The Kier molecular flexibility index (Phi) is 4.61. The van der Waals surface area contributed by atoms with Crippen LogP contribution in [-0.2, 0) is 6.42 Å². The molecule has 0 atom stereocenters. The molecule has 0 fully saturated rings. The number of aromatic nitrogens is 2. The van der Waals surface area contributed by atoms with E-state index >= 15 is 0 Å². The highest BCUT2D eigenvalue weighted by molar-refractivity contribution is 5.91. The monoisotopic (exact) mass is 255 g/mol. The highest BCUT2D eigenvalue weighted by atomic mass is 16.1. The van der Waals surface area contributed by atoms with Gasteiger partial charge in [0.1, 0.15) is 0 Å². The summed E-state index contributed by atoms with van der Waals surface area (Å²) in [6, 6.07) is 13.7. The third-order valence-electron chi connectivity index (χ3n) is 2.80. The first-order valence-electron chi connectivity index (χ1n) is 6.38. The highest BCUT2D eigenvalue weighted by Crippen LogP contribution is 2.01. The molecule has 2 aromatic rings. The lowest BCUT2D eigenvalue weighted by atomic mass is 10.1. The van der Waals surface area contributed by atoms with Crippen LogP contribution in [0.2, 0.25) is 0 Å². The van der Waals surface area contributed by atoms with Crippen LogP contribution in [0.3, 0.4) is 0 Å². The van der Waals surface area contributed by atoms with Crippen LogP contribution in [0.1, 0.15) is 28.2 Å². The Bertz CT molecular complexity index is 523. The normalized spacial score (nSPS) is 10.2. The highest BCUT2D eigenvalue weighted by Gasteiger charge is 2.06. The molecule has 1 amide bonds. The molecule has 98 valence electrons. The van der Waals surface area contributed by atoms with Crippen LogP contribution in [0.15, 0.2) is 42.5 Å². The lowest BCUT2D eigenvalue weighted by molar-refractivity contribution is 0.0947. The van der Waals surface area contributed by atoms with Gasteiger partial charge >= 0.3 is 0 Å². The van der Waals surface area contributed by atoms with E-state index in [1.54, 1.807) is 12.1 Å². The molecule has 2 rings (SSSR count). The Hall–Kier alpha value is -2.23. The average Bonchev–Trinajstić information content (AvgIpc) is 2.45. The third kappa shape index (κ3) is 4.17. The second-order valence-electron chi connectivity index (χ2n) is 4.41. The van der Waals surface area contributed by atoms with Crippen LogP contribution in [0.25, 0.3) is 0 Å². The van der Waals surface area contributed by atoms with Crippen molar-refractivity contribution < 1.29 is 4.79 Å². The maximum Gasteiger partial charge on any atom is 0.271 e. The maximum absolute atomic E-state index is 11.8. The van der Waals surface area contributed by atoms with Crippen LogP contribution in [0, 0.1) is 6.92 Å². The van der Waals surface area contributed by atoms with Crippen molar-refractivity contribution in [2.75, 3.05) is 6.54 Å². The molecule has 0 aliphatic rings. The van der Waals surface area contributed by atoms with Crippen molar-refractivity contribution in [2.24, 2.45) is 0 Å². The van der Waals surface area contributed by atoms with Crippen LogP contribution in [0.5, 0.6) is 0 Å². The van der Waals surface area contributed by atoms with Gasteiger partial charge < -0.3 is 5.32 Å². The number of hydrogen-bond acceptors (Lipinski definition) is 3. The molecule has 0 aliphatic carbocycles. The van der Waals surface area contributed by atoms with Crippen molar-refractivity contribution >= 4 is 5.91 Å². The third-order valence-corrected chi connectivity index (χ3v) is 2.80. The second kappa shape index (κ2) is 6.64. The van der Waals surface area contributed by atoms with E-state index in [0.29, 0.717) is 12.2 Å². The standard InChI is InChI=1S/C15H17N3O/c1-12-9-10-14(18-17-12)15(19)16-11-5-8-13-6-3-2-4-7-13/h2-4,6-7,9-10H,5,8,11H2,1H3,(H,16,19). The van der Waals surface area contributed by atoms with E-state index in [9.17, 15) is 4.79 Å². The van der Waals surface area contributed by atoms with Crippen LogP contribution < -0.4 is 5.32 Å². The van der Waals surface area contributed by atoms with Crippen LogP contribution >= 0.6 is 0 Å². The minimum atomic E-state index is -0.166. The summed E-state index contributed by atoms with van der Waals surface area (Å²) in [6.45, 7) is 2.48. The summed E-state index contributed by atoms with van der Waals surface area (Å²) in [5.74, 6) is -0.166. The van der Waals surface area contributed by atoms with Gasteiger partial charge in [-0.3, -0.25) is 4.79 Å². The molecule has 0 saturated heterocycles. The molecule has 4 nitrogen and oxygen atoms in total. The van der Waals surface area contributed by atoms with Crippen LogP contribution in [-0.4, -0.2) is 22.6 Å². The summed E-state index contributed by atoms with van der Waals surface area (Å²) >= 11 is 0. The first-order chi connectivity index (χ1) is 9.25. The van der Waals surface area contributed by atoms with Gasteiger partial charge in [0, 0.05) is 6.54 Å². The number of benzene rings is 1. The van der Waals surface area contributed by atoms with E-state index in [4.69, 9.17) is 0 Å². The average molecular weight is 255 g/mol. The number of aryl methyl sites for hydroxylation is 2. The fraction of sp³-hybridized carbons (Fsp3) is 0.267. The van der Waals surface area contributed by atoms with Gasteiger partial charge in [0.25, 0.3) is 5.91 Å². The molecule has 1 aromatic heterocycles. The summed E-state index contributed by atoms with van der Waals surface area (Å²) < 4.78 is 0. The van der Waals surface area contributed by atoms with Crippen molar-refractivity contribution in [3.8, 4) is 0 Å². The topological polar surface area (TPSA) is 54.9 Å². The predicted molar refractivity (Wildman–Crippen MR) is 73.9 cm³/mol. The maximum atomic E-state index is 11.8. The molecule has 0 unspecified atom stereocenters. The molecule has 0 spiro atoms. The summed E-state index contributed by atoms with van der Waals surface area (Å²) in [6.07, 6.45) is 1.87. The summed E-state index contributed by atoms with van der Waals surface area (Å²) in [4.78, 5) is 11.8. The molecule has 1 heterocycles. The lowest BCUT2D eigenvalue weighted by Gasteiger charge is -2.04. The summed E-state index contributed by atoms with van der Waals surface area (Å²) in [7, 11) is 0. The van der Waals surface area contributed by atoms with E-state index in [1.165, 1.54) is 5.56 Å². The molecule has 19 heavy (non-hydrogen) atoms. The fourth-order valence-electron chi connectivity index (χ4n) is 1.75. The molecular weight excluding hydrogens is 238 g/mol. The smallest absolute Gasteiger partial charge is 0.271 e.